The quantitative estimate of drug-likeness (QED) is 0.747. The Kier molecular flexibility index (Phi) is 7.47. The first-order valence-corrected chi connectivity index (χ1v) is 8.04. The Bertz CT molecular complexity index is 327. The van der Waals surface area contributed by atoms with Gasteiger partial charge in [0.2, 0.25) is 0 Å². The zero-order valence-corrected chi connectivity index (χ0v) is 12.8. The molecule has 3 nitrogen and oxygen atoms in total. The number of hydrogen-bond donors (Lipinski definition) is 1. The fourth-order valence-electron chi connectivity index (χ4n) is 1.76. The summed E-state index contributed by atoms with van der Waals surface area (Å²) in [4.78, 5) is 2.35. The minimum Gasteiger partial charge on any atom is -0.463 e. The molecule has 1 rings (SSSR count). The van der Waals surface area contributed by atoms with Crippen molar-refractivity contribution < 1.29 is 4.42 Å². The van der Waals surface area contributed by atoms with Crippen LogP contribution in [0.3, 0.4) is 0 Å². The van der Waals surface area contributed by atoms with Gasteiger partial charge in [0.15, 0.2) is 0 Å². The van der Waals surface area contributed by atoms with Gasteiger partial charge in [0.25, 0.3) is 0 Å². The molecule has 104 valence electrons. The van der Waals surface area contributed by atoms with E-state index in [9.17, 15) is 0 Å². The molecule has 0 bridgehead atoms. The van der Waals surface area contributed by atoms with Crippen molar-refractivity contribution in [3.8, 4) is 0 Å². The molecule has 1 aromatic rings. The van der Waals surface area contributed by atoms with Gasteiger partial charge in [0, 0.05) is 6.04 Å². The van der Waals surface area contributed by atoms with Crippen molar-refractivity contribution in [2.45, 2.75) is 39.4 Å². The predicted molar refractivity (Wildman–Crippen MR) is 80.0 cm³/mol. The normalized spacial score (nSPS) is 13.2. The van der Waals surface area contributed by atoms with Crippen LogP contribution in [0.4, 0.5) is 0 Å². The third-order valence-electron chi connectivity index (χ3n) is 3.16. The third kappa shape index (κ3) is 5.46. The second-order valence-electron chi connectivity index (χ2n) is 4.69. The van der Waals surface area contributed by atoms with E-state index in [-0.39, 0.29) is 0 Å². The van der Waals surface area contributed by atoms with Crippen LogP contribution < -0.4 is 5.32 Å². The Morgan fingerprint density at radius 1 is 1.39 bits per heavy atom. The second kappa shape index (κ2) is 8.62. The van der Waals surface area contributed by atoms with E-state index in [0.717, 1.165) is 31.2 Å². The molecule has 1 N–H and O–H groups in total. The lowest BCUT2D eigenvalue weighted by Crippen LogP contribution is -2.28. The van der Waals surface area contributed by atoms with E-state index in [0.29, 0.717) is 6.04 Å². The summed E-state index contributed by atoms with van der Waals surface area (Å²) < 4.78 is 5.80. The maximum atomic E-state index is 5.80. The summed E-state index contributed by atoms with van der Waals surface area (Å²) in [5.74, 6) is 3.30. The molecule has 18 heavy (non-hydrogen) atoms. The summed E-state index contributed by atoms with van der Waals surface area (Å²) in [5.41, 5.74) is 0. The summed E-state index contributed by atoms with van der Waals surface area (Å²) >= 11 is 1.91. The first kappa shape index (κ1) is 15.6. The molecular weight excluding hydrogens is 244 g/mol. The number of furan rings is 1. The Hall–Kier alpha value is -0.450. The fraction of sp³-hybridized carbons (Fsp3) is 0.714. The molecule has 0 aliphatic heterocycles. The average molecular weight is 270 g/mol. The van der Waals surface area contributed by atoms with Crippen molar-refractivity contribution in [2.75, 3.05) is 25.6 Å². The van der Waals surface area contributed by atoms with Crippen molar-refractivity contribution in [3.05, 3.63) is 23.7 Å². The van der Waals surface area contributed by atoms with Gasteiger partial charge in [0.1, 0.15) is 11.5 Å². The van der Waals surface area contributed by atoms with Gasteiger partial charge >= 0.3 is 0 Å². The van der Waals surface area contributed by atoms with Crippen molar-refractivity contribution in [3.63, 3.8) is 0 Å². The van der Waals surface area contributed by atoms with Gasteiger partial charge in [-0.25, -0.2) is 0 Å². The molecule has 1 atom stereocenters. The number of rotatable bonds is 9. The maximum Gasteiger partial charge on any atom is 0.118 e. The number of nitrogens with one attached hydrogen (secondary N) is 1. The maximum absolute atomic E-state index is 5.80. The minimum atomic E-state index is 0.597. The van der Waals surface area contributed by atoms with E-state index in [2.05, 4.69) is 49.5 Å². The van der Waals surface area contributed by atoms with Crippen LogP contribution in [0.2, 0.25) is 0 Å². The number of thioether (sulfide) groups is 1. The van der Waals surface area contributed by atoms with Gasteiger partial charge in [-0.2, -0.15) is 11.8 Å². The molecule has 0 aliphatic rings. The highest BCUT2D eigenvalue weighted by atomic mass is 32.2. The lowest BCUT2D eigenvalue weighted by Gasteiger charge is -2.23. The Morgan fingerprint density at radius 2 is 2.11 bits per heavy atom. The lowest BCUT2D eigenvalue weighted by atomic mass is 10.2. The third-order valence-corrected chi connectivity index (χ3v) is 3.81. The van der Waals surface area contributed by atoms with E-state index >= 15 is 0 Å². The summed E-state index contributed by atoms with van der Waals surface area (Å²) in [6.07, 6.45) is 3.38. The van der Waals surface area contributed by atoms with Gasteiger partial charge in [-0.1, -0.05) is 6.92 Å². The van der Waals surface area contributed by atoms with Crippen LogP contribution in [0.5, 0.6) is 0 Å². The van der Waals surface area contributed by atoms with Gasteiger partial charge in [0.05, 0.1) is 13.1 Å². The molecule has 1 aromatic heterocycles. The fourth-order valence-corrected chi connectivity index (χ4v) is 2.34. The second-order valence-corrected chi connectivity index (χ2v) is 5.68. The number of hydrogen-bond acceptors (Lipinski definition) is 4. The van der Waals surface area contributed by atoms with E-state index in [1.54, 1.807) is 0 Å². The molecule has 0 aliphatic carbocycles. The molecule has 4 heteroatoms. The highest BCUT2D eigenvalue weighted by Crippen LogP contribution is 2.13. The number of nitrogens with zero attached hydrogens (tertiary/aromatic N) is 1. The van der Waals surface area contributed by atoms with Crippen LogP contribution in [0.15, 0.2) is 16.5 Å². The largest absolute Gasteiger partial charge is 0.463 e. The van der Waals surface area contributed by atoms with Crippen molar-refractivity contribution in [2.24, 2.45) is 0 Å². The molecule has 0 radical (unpaired) electrons. The first-order chi connectivity index (χ1) is 8.67. The molecule has 0 aromatic carbocycles. The molecule has 0 spiro atoms. The highest BCUT2D eigenvalue weighted by Gasteiger charge is 2.11. The molecule has 1 unspecified atom stereocenters. The van der Waals surface area contributed by atoms with E-state index in [1.165, 1.54) is 12.2 Å². The molecular formula is C14H26N2OS. The van der Waals surface area contributed by atoms with Gasteiger partial charge in [-0.15, -0.1) is 0 Å². The zero-order valence-electron chi connectivity index (χ0n) is 12.0. The van der Waals surface area contributed by atoms with Crippen LogP contribution in [-0.4, -0.2) is 36.5 Å². The van der Waals surface area contributed by atoms with Gasteiger partial charge in [-0.05, 0) is 51.1 Å². The van der Waals surface area contributed by atoms with Crippen molar-refractivity contribution >= 4 is 11.8 Å². The van der Waals surface area contributed by atoms with E-state index < -0.39 is 0 Å². The van der Waals surface area contributed by atoms with Gasteiger partial charge < -0.3 is 9.73 Å². The van der Waals surface area contributed by atoms with Crippen LogP contribution in [-0.2, 0) is 13.1 Å². The molecule has 0 saturated carbocycles. The summed E-state index contributed by atoms with van der Waals surface area (Å²) in [6, 6.07) is 4.75. The average Bonchev–Trinajstić information content (AvgIpc) is 2.80. The molecule has 0 fully saturated rings. The topological polar surface area (TPSA) is 28.4 Å². The van der Waals surface area contributed by atoms with Crippen LogP contribution >= 0.6 is 11.8 Å². The predicted octanol–water partition coefficient (Wildman–Crippen LogP) is 2.96. The molecule has 0 amide bonds. The Labute approximate surface area is 115 Å². The standard InChI is InChI=1S/C14H26N2OS/c1-5-15-10-13-6-7-14(17-13)11-16(3)12(2)8-9-18-4/h6-7,12,15H,5,8-11H2,1-4H3. The smallest absolute Gasteiger partial charge is 0.118 e. The highest BCUT2D eigenvalue weighted by molar-refractivity contribution is 7.98. The lowest BCUT2D eigenvalue weighted by molar-refractivity contribution is 0.224. The summed E-state index contributed by atoms with van der Waals surface area (Å²) in [6.45, 7) is 7.06. The van der Waals surface area contributed by atoms with E-state index in [1.807, 2.05) is 11.8 Å². The molecule has 0 saturated heterocycles. The Balaban J connectivity index is 2.38. The van der Waals surface area contributed by atoms with Gasteiger partial charge in [-0.3, -0.25) is 4.90 Å². The molecule has 1 heterocycles. The minimum absolute atomic E-state index is 0.597. The SMILES string of the molecule is CCNCc1ccc(CN(C)C(C)CCSC)o1. The zero-order chi connectivity index (χ0) is 13.4. The summed E-state index contributed by atoms with van der Waals surface area (Å²) in [7, 11) is 2.16. The summed E-state index contributed by atoms with van der Waals surface area (Å²) in [5, 5.41) is 3.27. The monoisotopic (exact) mass is 270 g/mol. The van der Waals surface area contributed by atoms with Crippen molar-refractivity contribution in [1.82, 2.24) is 10.2 Å². The van der Waals surface area contributed by atoms with Crippen molar-refractivity contribution in [1.29, 1.82) is 0 Å². The van der Waals surface area contributed by atoms with Crippen LogP contribution in [0.1, 0.15) is 31.8 Å². The van der Waals surface area contributed by atoms with E-state index in [4.69, 9.17) is 4.42 Å². The Morgan fingerprint density at radius 3 is 2.78 bits per heavy atom. The van der Waals surface area contributed by atoms with Crippen LogP contribution in [0.25, 0.3) is 0 Å². The first-order valence-electron chi connectivity index (χ1n) is 6.64. The van der Waals surface area contributed by atoms with Crippen LogP contribution in [0, 0.1) is 0 Å².